The number of aromatic nitrogens is 1. The lowest BCUT2D eigenvalue weighted by Gasteiger charge is -1.98. The average Bonchev–Trinajstić information content (AvgIpc) is 2.93. The second kappa shape index (κ2) is 3.28. The summed E-state index contributed by atoms with van der Waals surface area (Å²) in [5, 5.41) is 0. The predicted octanol–water partition coefficient (Wildman–Crippen LogP) is 2.15. The maximum absolute atomic E-state index is 11.4. The molecule has 1 aliphatic heterocycles. The second-order valence-electron chi connectivity index (χ2n) is 3.52. The molecule has 1 aromatic heterocycles. The van der Waals surface area contributed by atoms with Crippen LogP contribution in [0.25, 0.3) is 0 Å². The van der Waals surface area contributed by atoms with Crippen LogP contribution in [0.1, 0.15) is 11.3 Å². The molecule has 3 heteroatoms. The Balaban J connectivity index is 1.94. The van der Waals surface area contributed by atoms with E-state index in [2.05, 4.69) is 17.1 Å². The molecule has 1 unspecified atom stereocenters. The van der Waals surface area contributed by atoms with Gasteiger partial charge in [0.05, 0.1) is 26.3 Å². The number of benzene rings is 1. The van der Waals surface area contributed by atoms with E-state index in [0.29, 0.717) is 0 Å². The smallest absolute Gasteiger partial charge is 0.0894 e. The molecular weight excluding hydrogens is 206 g/mol. The largest absolute Gasteiger partial charge is 0.260 e. The maximum Gasteiger partial charge on any atom is 0.0894 e. The zero-order valence-corrected chi connectivity index (χ0v) is 8.83. The molecule has 2 aromatic rings. The molecule has 2 nitrogen and oxygen atoms in total. The monoisotopic (exact) mass is 215 g/mol. The van der Waals surface area contributed by atoms with Crippen LogP contribution in [-0.4, -0.2) is 9.19 Å². The molecule has 0 saturated carbocycles. The molecule has 1 atom stereocenters. The second-order valence-corrected chi connectivity index (χ2v) is 4.90. The van der Waals surface area contributed by atoms with Crippen LogP contribution in [-0.2, 0) is 17.2 Å². The third kappa shape index (κ3) is 1.49. The Morgan fingerprint density at radius 1 is 1.13 bits per heavy atom. The molecule has 3 rings (SSSR count). The maximum atomic E-state index is 11.4. The van der Waals surface area contributed by atoms with E-state index in [-0.39, 0.29) is 0 Å². The van der Waals surface area contributed by atoms with Crippen LogP contribution in [0.4, 0.5) is 0 Å². The lowest BCUT2D eigenvalue weighted by atomic mass is 10.1. The molecule has 0 bridgehead atoms. The van der Waals surface area contributed by atoms with Crippen LogP contribution in [0.5, 0.6) is 0 Å². The number of hydrogen-bond donors (Lipinski definition) is 0. The summed E-state index contributed by atoms with van der Waals surface area (Å²) in [6, 6.07) is 12.0. The van der Waals surface area contributed by atoms with Crippen molar-refractivity contribution < 1.29 is 4.21 Å². The van der Waals surface area contributed by atoms with Gasteiger partial charge in [-0.1, -0.05) is 30.3 Å². The normalized spacial score (nSPS) is 17.2. The Kier molecular flexibility index (Phi) is 1.92. The van der Waals surface area contributed by atoms with Crippen LogP contribution in [0.15, 0.2) is 52.4 Å². The lowest BCUT2D eigenvalue weighted by molar-refractivity contribution is 0.692. The van der Waals surface area contributed by atoms with Crippen LogP contribution < -0.4 is 0 Å². The fourth-order valence-corrected chi connectivity index (χ4v) is 2.81. The molecule has 1 aromatic carbocycles. The van der Waals surface area contributed by atoms with E-state index in [4.69, 9.17) is 0 Å². The van der Waals surface area contributed by atoms with Crippen molar-refractivity contribution in [1.82, 2.24) is 4.98 Å². The van der Waals surface area contributed by atoms with Crippen LogP contribution in [0.3, 0.4) is 0 Å². The zero-order chi connectivity index (χ0) is 10.3. The Labute approximate surface area is 90.4 Å². The Morgan fingerprint density at radius 3 is 2.73 bits per heavy atom. The third-order valence-corrected chi connectivity index (χ3v) is 3.86. The van der Waals surface area contributed by atoms with Crippen molar-refractivity contribution in [2.45, 2.75) is 16.2 Å². The first kappa shape index (κ1) is 8.80. The standard InChI is InChI=1S/C12H9NOS/c14-15-11-6-7-13-10(12(11)15)8-9-4-2-1-3-5-9/h1-7H,8H2. The third-order valence-electron chi connectivity index (χ3n) is 2.50. The molecule has 0 spiro atoms. The van der Waals surface area contributed by atoms with Crippen molar-refractivity contribution in [2.75, 3.05) is 0 Å². The fraction of sp³-hybridized carbons (Fsp3) is 0.0833. The van der Waals surface area contributed by atoms with Gasteiger partial charge in [0, 0.05) is 12.6 Å². The quantitative estimate of drug-likeness (QED) is 0.613. The van der Waals surface area contributed by atoms with E-state index in [0.717, 1.165) is 21.9 Å². The molecule has 0 N–H and O–H groups in total. The van der Waals surface area contributed by atoms with Crippen molar-refractivity contribution in [2.24, 2.45) is 0 Å². The number of hydrogen-bond acceptors (Lipinski definition) is 2. The van der Waals surface area contributed by atoms with E-state index in [1.165, 1.54) is 5.56 Å². The molecule has 0 amide bonds. The molecule has 0 fully saturated rings. The first-order valence-corrected chi connectivity index (χ1v) is 5.95. The highest BCUT2D eigenvalue weighted by Crippen LogP contribution is 2.37. The number of rotatable bonds is 2. The minimum Gasteiger partial charge on any atom is -0.260 e. The highest BCUT2D eigenvalue weighted by Gasteiger charge is 2.32. The number of nitrogens with zero attached hydrogens (tertiary/aromatic N) is 1. The molecule has 0 saturated heterocycles. The Hall–Kier alpha value is -1.48. The summed E-state index contributed by atoms with van der Waals surface area (Å²) in [5.41, 5.74) is 2.17. The van der Waals surface area contributed by atoms with Crippen LogP contribution in [0.2, 0.25) is 0 Å². The lowest BCUT2D eigenvalue weighted by Crippen LogP contribution is -1.90. The Morgan fingerprint density at radius 2 is 1.93 bits per heavy atom. The number of pyridine rings is 1. The van der Waals surface area contributed by atoms with Crippen molar-refractivity contribution in [3.63, 3.8) is 0 Å². The molecular formula is C12H9NOS. The van der Waals surface area contributed by atoms with Crippen molar-refractivity contribution >= 4 is 10.8 Å². The summed E-state index contributed by atoms with van der Waals surface area (Å²) in [6.07, 6.45) is 2.51. The van der Waals surface area contributed by atoms with E-state index in [1.807, 2.05) is 24.3 Å². The minimum atomic E-state index is -0.862. The fourth-order valence-electron chi connectivity index (χ4n) is 1.70. The topological polar surface area (TPSA) is 30.0 Å². The molecule has 0 aliphatic carbocycles. The van der Waals surface area contributed by atoms with Gasteiger partial charge in [-0.2, -0.15) is 0 Å². The van der Waals surface area contributed by atoms with Crippen molar-refractivity contribution in [3.05, 3.63) is 53.9 Å². The first-order valence-electron chi connectivity index (χ1n) is 4.80. The van der Waals surface area contributed by atoms with Gasteiger partial charge in [-0.15, -0.1) is 0 Å². The van der Waals surface area contributed by atoms with E-state index in [1.54, 1.807) is 6.20 Å². The van der Waals surface area contributed by atoms with E-state index in [9.17, 15) is 4.21 Å². The van der Waals surface area contributed by atoms with Gasteiger partial charge in [-0.05, 0) is 11.6 Å². The SMILES string of the molecule is O=S1c2ccnc(Cc3ccccc3)c21. The molecule has 74 valence electrons. The molecule has 15 heavy (non-hydrogen) atoms. The van der Waals surface area contributed by atoms with Gasteiger partial charge in [0.1, 0.15) is 0 Å². The van der Waals surface area contributed by atoms with Crippen LogP contribution in [0, 0.1) is 0 Å². The highest BCUT2D eigenvalue weighted by atomic mass is 32.2. The number of fused-ring (bicyclic) bond motifs is 1. The van der Waals surface area contributed by atoms with Gasteiger partial charge in [0.25, 0.3) is 0 Å². The summed E-state index contributed by atoms with van der Waals surface area (Å²) < 4.78 is 11.4. The molecule has 1 aliphatic rings. The molecule has 2 heterocycles. The van der Waals surface area contributed by atoms with Gasteiger partial charge in [-0.25, -0.2) is 4.21 Å². The van der Waals surface area contributed by atoms with Gasteiger partial charge >= 0.3 is 0 Å². The summed E-state index contributed by atoms with van der Waals surface area (Å²) in [4.78, 5) is 6.18. The average molecular weight is 215 g/mol. The van der Waals surface area contributed by atoms with E-state index >= 15 is 0 Å². The summed E-state index contributed by atoms with van der Waals surface area (Å²) in [5.74, 6) is 0. The summed E-state index contributed by atoms with van der Waals surface area (Å²) in [6.45, 7) is 0. The van der Waals surface area contributed by atoms with E-state index < -0.39 is 10.8 Å². The van der Waals surface area contributed by atoms with Gasteiger partial charge in [-0.3, -0.25) is 4.98 Å². The van der Waals surface area contributed by atoms with Gasteiger partial charge in [0.15, 0.2) is 0 Å². The summed E-state index contributed by atoms with van der Waals surface area (Å²) >= 11 is 0. The van der Waals surface area contributed by atoms with Gasteiger partial charge in [0.2, 0.25) is 0 Å². The first-order chi connectivity index (χ1) is 7.36. The Bertz CT molecular complexity index is 537. The summed E-state index contributed by atoms with van der Waals surface area (Å²) in [7, 11) is -0.862. The predicted molar refractivity (Wildman–Crippen MR) is 58.2 cm³/mol. The zero-order valence-electron chi connectivity index (χ0n) is 8.01. The van der Waals surface area contributed by atoms with Crippen molar-refractivity contribution in [3.8, 4) is 0 Å². The highest BCUT2D eigenvalue weighted by molar-refractivity contribution is 7.91. The van der Waals surface area contributed by atoms with Gasteiger partial charge < -0.3 is 0 Å². The van der Waals surface area contributed by atoms with Crippen molar-refractivity contribution in [1.29, 1.82) is 0 Å². The minimum absolute atomic E-state index is 0.774. The van der Waals surface area contributed by atoms with Crippen LogP contribution >= 0.6 is 0 Å². The molecule has 0 radical (unpaired) electrons.